The van der Waals surface area contributed by atoms with E-state index in [0.29, 0.717) is 40.8 Å². The zero-order valence-corrected chi connectivity index (χ0v) is 24.6. The number of amides is 2. The molecular weight excluding hydrogens is 562 g/mol. The molecule has 2 aliphatic rings. The fourth-order valence-corrected chi connectivity index (χ4v) is 5.28. The third-order valence-corrected chi connectivity index (χ3v) is 7.45. The summed E-state index contributed by atoms with van der Waals surface area (Å²) in [6.45, 7) is 5.29. The fourth-order valence-electron chi connectivity index (χ4n) is 5.28. The molecule has 0 saturated carbocycles. The molecule has 0 bridgehead atoms. The van der Waals surface area contributed by atoms with E-state index in [-0.39, 0.29) is 37.6 Å². The van der Waals surface area contributed by atoms with Crippen LogP contribution in [0.1, 0.15) is 52.7 Å². The summed E-state index contributed by atoms with van der Waals surface area (Å²) in [5.41, 5.74) is 4.66. The van der Waals surface area contributed by atoms with Crippen LogP contribution in [0.25, 0.3) is 0 Å². The van der Waals surface area contributed by atoms with Gasteiger partial charge in [-0.05, 0) is 42.7 Å². The second-order valence-electron chi connectivity index (χ2n) is 11.1. The number of aryl methyl sites for hydroxylation is 1. The molecule has 2 amide bonds. The van der Waals surface area contributed by atoms with Crippen molar-refractivity contribution in [1.82, 2.24) is 15.5 Å². The average Bonchev–Trinajstić information content (AvgIpc) is 3.65. The van der Waals surface area contributed by atoms with Crippen LogP contribution in [0.5, 0.6) is 11.5 Å². The van der Waals surface area contributed by atoms with Crippen LogP contribution in [0, 0.1) is 12.8 Å². The maximum Gasteiger partial charge on any atom is 0.286 e. The van der Waals surface area contributed by atoms with Crippen molar-refractivity contribution < 1.29 is 28.3 Å². The number of fused-ring (bicyclic) bond motifs is 2. The van der Waals surface area contributed by atoms with Crippen molar-refractivity contribution in [3.8, 4) is 11.5 Å². The Morgan fingerprint density at radius 3 is 2.61 bits per heavy atom. The molecule has 1 atom stereocenters. The highest BCUT2D eigenvalue weighted by Gasteiger charge is 2.32. The van der Waals surface area contributed by atoms with Crippen LogP contribution in [-0.2, 0) is 16.0 Å². The van der Waals surface area contributed by atoms with Crippen LogP contribution in [0.4, 0.5) is 5.69 Å². The SMILES string of the molecule is Cc1cccc(Cc2nnc(C(=O)[C@@H](NC(=O)CN3C(=O)CN=C(c4ccc5c(c4)OCO5)c4ccccc43)C(C)C)o2)c1. The molecular formula is C33H31N5O6. The van der Waals surface area contributed by atoms with E-state index in [0.717, 1.165) is 16.7 Å². The van der Waals surface area contributed by atoms with Gasteiger partial charge < -0.3 is 24.1 Å². The second kappa shape index (κ2) is 12.1. The van der Waals surface area contributed by atoms with Gasteiger partial charge in [-0.2, -0.15) is 0 Å². The van der Waals surface area contributed by atoms with Gasteiger partial charge in [0, 0.05) is 11.1 Å². The van der Waals surface area contributed by atoms with Gasteiger partial charge in [-0.25, -0.2) is 0 Å². The normalized spacial score (nSPS) is 14.6. The average molecular weight is 594 g/mol. The number of hydrogen-bond acceptors (Lipinski definition) is 9. The largest absolute Gasteiger partial charge is 0.454 e. The van der Waals surface area contributed by atoms with Crippen LogP contribution in [0.2, 0.25) is 0 Å². The van der Waals surface area contributed by atoms with Crippen LogP contribution >= 0.6 is 0 Å². The maximum absolute atomic E-state index is 13.4. The number of rotatable bonds is 9. The Morgan fingerprint density at radius 2 is 1.80 bits per heavy atom. The first-order valence-electron chi connectivity index (χ1n) is 14.3. The molecule has 3 heterocycles. The van der Waals surface area contributed by atoms with Crippen LogP contribution in [0.15, 0.2) is 76.1 Å². The Labute approximate surface area is 253 Å². The molecule has 6 rings (SSSR count). The number of carbonyl (C=O) groups excluding carboxylic acids is 3. The Kier molecular flexibility index (Phi) is 7.93. The predicted octanol–water partition coefficient (Wildman–Crippen LogP) is 3.91. The zero-order valence-electron chi connectivity index (χ0n) is 24.6. The van der Waals surface area contributed by atoms with Gasteiger partial charge in [0.15, 0.2) is 11.5 Å². The molecule has 0 unspecified atom stereocenters. The van der Waals surface area contributed by atoms with Gasteiger partial charge in [-0.1, -0.05) is 61.9 Å². The molecule has 2 aliphatic heterocycles. The highest BCUT2D eigenvalue weighted by atomic mass is 16.7. The van der Waals surface area contributed by atoms with Gasteiger partial charge in [-0.15, -0.1) is 10.2 Å². The molecule has 0 saturated heterocycles. The summed E-state index contributed by atoms with van der Waals surface area (Å²) in [5.74, 6) is -0.272. The Bertz CT molecular complexity index is 1780. The molecule has 3 aromatic carbocycles. The number of Topliss-reactive ketones (excluding diaryl/α,β-unsaturated/α-hetero) is 1. The van der Waals surface area contributed by atoms with E-state index in [1.807, 2.05) is 69.3 Å². The number of nitrogens with zero attached hydrogens (tertiary/aromatic N) is 4. The summed E-state index contributed by atoms with van der Waals surface area (Å²) in [5, 5.41) is 10.8. The van der Waals surface area contributed by atoms with Crippen molar-refractivity contribution >= 4 is 29.0 Å². The van der Waals surface area contributed by atoms with Gasteiger partial charge >= 0.3 is 0 Å². The Morgan fingerprint density at radius 1 is 0.977 bits per heavy atom. The minimum absolute atomic E-state index is 0.143. The first kappa shape index (κ1) is 28.8. The standard InChI is InChI=1S/C33H31N5O6/c1-19(2)30(32(41)33-37-36-28(44-33)14-21-8-6-7-20(3)13-21)35-27(39)17-38-24-10-5-4-9-23(24)31(34-16-29(38)40)22-11-12-25-26(15-22)43-18-42-25/h4-13,15,19,30H,14,16-18H2,1-3H3,(H,35,39)/t30-/m0/s1. The van der Waals surface area contributed by atoms with Crippen molar-refractivity contribution in [3.05, 3.63) is 101 Å². The predicted molar refractivity (Wildman–Crippen MR) is 161 cm³/mol. The molecule has 0 aliphatic carbocycles. The molecule has 11 heteroatoms. The van der Waals surface area contributed by atoms with E-state index in [2.05, 4.69) is 20.5 Å². The van der Waals surface area contributed by atoms with E-state index in [1.54, 1.807) is 18.2 Å². The van der Waals surface area contributed by atoms with Crippen molar-refractivity contribution in [1.29, 1.82) is 0 Å². The zero-order chi connectivity index (χ0) is 30.8. The van der Waals surface area contributed by atoms with Crippen molar-refractivity contribution in [2.24, 2.45) is 10.9 Å². The highest BCUT2D eigenvalue weighted by molar-refractivity contribution is 6.20. The van der Waals surface area contributed by atoms with Gasteiger partial charge in [-0.3, -0.25) is 19.4 Å². The molecule has 224 valence electrons. The summed E-state index contributed by atoms with van der Waals surface area (Å²) >= 11 is 0. The van der Waals surface area contributed by atoms with E-state index in [9.17, 15) is 14.4 Å². The third-order valence-electron chi connectivity index (χ3n) is 7.45. The summed E-state index contributed by atoms with van der Waals surface area (Å²) in [6.07, 6.45) is 0.382. The number of aromatic nitrogens is 2. The van der Waals surface area contributed by atoms with Crippen molar-refractivity contribution in [2.75, 3.05) is 24.8 Å². The summed E-state index contributed by atoms with van der Waals surface area (Å²) in [6, 6.07) is 19.7. The van der Waals surface area contributed by atoms with Crippen LogP contribution in [0.3, 0.4) is 0 Å². The molecule has 44 heavy (non-hydrogen) atoms. The Hall–Kier alpha value is -5.32. The van der Waals surface area contributed by atoms with E-state index >= 15 is 0 Å². The molecule has 11 nitrogen and oxygen atoms in total. The maximum atomic E-state index is 13.4. The number of aliphatic imine (C=N–C) groups is 1. The minimum atomic E-state index is -0.937. The van der Waals surface area contributed by atoms with Gasteiger partial charge in [0.05, 0.1) is 23.9 Å². The van der Waals surface area contributed by atoms with Crippen LogP contribution < -0.4 is 19.7 Å². The quantitative estimate of drug-likeness (QED) is 0.289. The number of para-hydroxylation sites is 1. The van der Waals surface area contributed by atoms with E-state index in [4.69, 9.17) is 13.9 Å². The summed E-state index contributed by atoms with van der Waals surface area (Å²) in [7, 11) is 0. The molecule has 0 spiro atoms. The first-order chi connectivity index (χ1) is 21.3. The molecule has 0 fully saturated rings. The number of ether oxygens (including phenoxy) is 2. The van der Waals surface area contributed by atoms with Gasteiger partial charge in [0.2, 0.25) is 30.3 Å². The fraction of sp³-hybridized carbons (Fsp3) is 0.273. The third kappa shape index (κ3) is 5.94. The lowest BCUT2D eigenvalue weighted by molar-refractivity contribution is -0.123. The van der Waals surface area contributed by atoms with E-state index < -0.39 is 17.7 Å². The Balaban J connectivity index is 1.18. The van der Waals surface area contributed by atoms with Gasteiger partial charge in [0.25, 0.3) is 5.89 Å². The van der Waals surface area contributed by atoms with Crippen molar-refractivity contribution in [3.63, 3.8) is 0 Å². The second-order valence-corrected chi connectivity index (χ2v) is 11.1. The number of ketones is 1. The lowest BCUT2D eigenvalue weighted by Gasteiger charge is -2.25. The minimum Gasteiger partial charge on any atom is -0.454 e. The number of benzene rings is 3. The topological polar surface area (TPSA) is 136 Å². The smallest absolute Gasteiger partial charge is 0.286 e. The summed E-state index contributed by atoms with van der Waals surface area (Å²) in [4.78, 5) is 46.1. The number of nitrogens with one attached hydrogen (secondary N) is 1. The molecule has 4 aromatic rings. The lowest BCUT2D eigenvalue weighted by Crippen LogP contribution is -2.49. The number of carbonyl (C=O) groups is 3. The first-order valence-corrected chi connectivity index (χ1v) is 14.3. The van der Waals surface area contributed by atoms with Gasteiger partial charge in [0.1, 0.15) is 13.1 Å². The number of anilines is 1. The summed E-state index contributed by atoms with van der Waals surface area (Å²) < 4.78 is 16.7. The lowest BCUT2D eigenvalue weighted by atomic mass is 9.99. The van der Waals surface area contributed by atoms with E-state index in [1.165, 1.54) is 4.90 Å². The molecule has 1 aromatic heterocycles. The monoisotopic (exact) mass is 593 g/mol. The molecule has 1 N–H and O–H groups in total. The number of benzodiazepines with no additional fused rings is 1. The number of hydrogen-bond donors (Lipinski definition) is 1. The molecule has 0 radical (unpaired) electrons. The van der Waals surface area contributed by atoms with Crippen LogP contribution in [-0.4, -0.2) is 59.4 Å². The van der Waals surface area contributed by atoms with Crippen molar-refractivity contribution in [2.45, 2.75) is 33.2 Å². The highest BCUT2D eigenvalue weighted by Crippen LogP contribution is 2.35.